The molecule has 1 aliphatic carbocycles. The molecule has 2 N–H and O–H groups in total. The van der Waals surface area contributed by atoms with Gasteiger partial charge < -0.3 is 15.5 Å². The summed E-state index contributed by atoms with van der Waals surface area (Å²) in [6.07, 6.45) is 6.58. The van der Waals surface area contributed by atoms with Crippen molar-refractivity contribution >= 4 is 23.4 Å². The minimum atomic E-state index is -0.121. The van der Waals surface area contributed by atoms with E-state index in [2.05, 4.69) is 20.4 Å². The van der Waals surface area contributed by atoms with E-state index in [1.54, 1.807) is 12.1 Å². The third-order valence-corrected chi connectivity index (χ3v) is 6.79. The van der Waals surface area contributed by atoms with Crippen LogP contribution in [0.4, 0.5) is 5.69 Å². The minimum absolute atomic E-state index is 0.118. The fourth-order valence-electron chi connectivity index (χ4n) is 4.88. The average molecular weight is 442 g/mol. The Balaban J connectivity index is 1.23. The van der Waals surface area contributed by atoms with Crippen molar-refractivity contribution in [3.8, 4) is 0 Å². The number of carbonyl (C=O) groups excluding carboxylic acids is 3. The normalized spacial score (nSPS) is 20.4. The van der Waals surface area contributed by atoms with Crippen LogP contribution in [0.3, 0.4) is 0 Å². The predicted octanol–water partition coefficient (Wildman–Crippen LogP) is 1.54. The zero-order chi connectivity index (χ0) is 22.3. The van der Waals surface area contributed by atoms with Gasteiger partial charge >= 0.3 is 0 Å². The highest BCUT2D eigenvalue weighted by molar-refractivity contribution is 6.04. The topological polar surface area (TPSA) is 85.0 Å². The Morgan fingerprint density at radius 2 is 1.44 bits per heavy atom. The predicted molar refractivity (Wildman–Crippen MR) is 123 cm³/mol. The average Bonchev–Trinajstić information content (AvgIpc) is 3.50. The maximum absolute atomic E-state index is 12.7. The Bertz CT molecular complexity index is 810. The number of benzene rings is 1. The van der Waals surface area contributed by atoms with E-state index in [0.29, 0.717) is 17.8 Å². The lowest BCUT2D eigenvalue weighted by Crippen LogP contribution is -2.51. The second kappa shape index (κ2) is 10.9. The first-order valence-electron chi connectivity index (χ1n) is 12.0. The van der Waals surface area contributed by atoms with E-state index in [0.717, 1.165) is 77.8 Å². The van der Waals surface area contributed by atoms with Gasteiger partial charge in [-0.25, -0.2) is 0 Å². The standard InChI is InChI=1S/C24H35N5O3/c30-22(17-27-13-15-28(16-14-27)18-23(31)29-11-5-6-12-29)26-21-10-4-3-9-20(21)24(32)25-19-7-1-2-8-19/h3-4,9-10,19H,1-2,5-8,11-18H2,(H,25,32)(H,26,30). The molecule has 0 unspecified atom stereocenters. The van der Waals surface area contributed by atoms with Gasteiger partial charge in [-0.2, -0.15) is 0 Å². The highest BCUT2D eigenvalue weighted by Crippen LogP contribution is 2.20. The molecule has 1 aromatic rings. The molecule has 3 fully saturated rings. The summed E-state index contributed by atoms with van der Waals surface area (Å²) in [4.78, 5) is 44.0. The molecule has 3 aliphatic rings. The van der Waals surface area contributed by atoms with E-state index in [1.807, 2.05) is 17.0 Å². The van der Waals surface area contributed by atoms with Gasteiger partial charge in [-0.1, -0.05) is 25.0 Å². The van der Waals surface area contributed by atoms with Gasteiger partial charge in [0.2, 0.25) is 11.8 Å². The zero-order valence-corrected chi connectivity index (χ0v) is 18.9. The molecule has 8 heteroatoms. The van der Waals surface area contributed by atoms with Crippen molar-refractivity contribution in [2.75, 3.05) is 57.7 Å². The van der Waals surface area contributed by atoms with E-state index in [-0.39, 0.29) is 30.3 Å². The summed E-state index contributed by atoms with van der Waals surface area (Å²) >= 11 is 0. The molecule has 32 heavy (non-hydrogen) atoms. The van der Waals surface area contributed by atoms with Crippen molar-refractivity contribution in [1.29, 1.82) is 0 Å². The van der Waals surface area contributed by atoms with Gasteiger partial charge in [0.25, 0.3) is 5.91 Å². The molecule has 0 atom stereocenters. The Kier molecular flexibility index (Phi) is 7.76. The molecule has 0 bridgehead atoms. The quantitative estimate of drug-likeness (QED) is 0.671. The maximum Gasteiger partial charge on any atom is 0.253 e. The van der Waals surface area contributed by atoms with E-state index in [4.69, 9.17) is 0 Å². The summed E-state index contributed by atoms with van der Waals surface area (Å²) in [6, 6.07) is 7.43. The first-order chi connectivity index (χ1) is 15.6. The maximum atomic E-state index is 12.7. The number of likely N-dealkylation sites (tertiary alicyclic amines) is 1. The molecule has 0 radical (unpaired) electrons. The number of piperazine rings is 1. The lowest BCUT2D eigenvalue weighted by Gasteiger charge is -2.34. The summed E-state index contributed by atoms with van der Waals surface area (Å²) in [6.45, 7) is 5.61. The fourth-order valence-corrected chi connectivity index (χ4v) is 4.88. The molecule has 1 saturated carbocycles. The second-order valence-electron chi connectivity index (χ2n) is 9.19. The van der Waals surface area contributed by atoms with Crippen LogP contribution in [0.15, 0.2) is 24.3 Å². The van der Waals surface area contributed by atoms with E-state index in [1.165, 1.54) is 0 Å². The summed E-state index contributed by atoms with van der Waals surface area (Å²) in [5.41, 5.74) is 1.07. The van der Waals surface area contributed by atoms with Crippen molar-refractivity contribution in [2.24, 2.45) is 0 Å². The van der Waals surface area contributed by atoms with Gasteiger partial charge in [0.15, 0.2) is 0 Å². The molecule has 3 amide bonds. The molecular formula is C24H35N5O3. The molecular weight excluding hydrogens is 406 g/mol. The molecule has 1 aromatic carbocycles. The third kappa shape index (κ3) is 6.07. The number of para-hydroxylation sites is 1. The van der Waals surface area contributed by atoms with Gasteiger partial charge in [-0.15, -0.1) is 0 Å². The van der Waals surface area contributed by atoms with Crippen LogP contribution in [-0.2, 0) is 9.59 Å². The van der Waals surface area contributed by atoms with Crippen molar-refractivity contribution in [2.45, 2.75) is 44.6 Å². The highest BCUT2D eigenvalue weighted by atomic mass is 16.2. The summed E-state index contributed by atoms with van der Waals surface area (Å²) in [7, 11) is 0. The fraction of sp³-hybridized carbons (Fsp3) is 0.625. The summed E-state index contributed by atoms with van der Waals surface area (Å²) in [5, 5.41) is 6.02. The number of hydrogen-bond donors (Lipinski definition) is 2. The molecule has 174 valence electrons. The minimum Gasteiger partial charge on any atom is -0.349 e. The number of anilines is 1. The van der Waals surface area contributed by atoms with Crippen molar-refractivity contribution < 1.29 is 14.4 Å². The third-order valence-electron chi connectivity index (χ3n) is 6.79. The van der Waals surface area contributed by atoms with Crippen LogP contribution >= 0.6 is 0 Å². The van der Waals surface area contributed by atoms with Crippen LogP contribution in [0, 0.1) is 0 Å². The summed E-state index contributed by atoms with van der Waals surface area (Å²) < 4.78 is 0. The van der Waals surface area contributed by atoms with E-state index in [9.17, 15) is 14.4 Å². The Morgan fingerprint density at radius 1 is 0.812 bits per heavy atom. The van der Waals surface area contributed by atoms with Gasteiger partial charge in [0, 0.05) is 45.3 Å². The van der Waals surface area contributed by atoms with Crippen molar-refractivity contribution in [3.05, 3.63) is 29.8 Å². The molecule has 0 spiro atoms. The van der Waals surface area contributed by atoms with Crippen LogP contribution in [0.1, 0.15) is 48.9 Å². The van der Waals surface area contributed by atoms with Crippen LogP contribution < -0.4 is 10.6 Å². The number of nitrogens with zero attached hydrogens (tertiary/aromatic N) is 3. The van der Waals surface area contributed by atoms with Gasteiger partial charge in [-0.05, 0) is 37.8 Å². The van der Waals surface area contributed by atoms with Crippen LogP contribution in [0.2, 0.25) is 0 Å². The molecule has 2 saturated heterocycles. The first-order valence-corrected chi connectivity index (χ1v) is 12.0. The molecule has 8 nitrogen and oxygen atoms in total. The second-order valence-corrected chi connectivity index (χ2v) is 9.19. The molecule has 2 aliphatic heterocycles. The Labute approximate surface area is 190 Å². The van der Waals surface area contributed by atoms with E-state index < -0.39 is 0 Å². The Hall–Kier alpha value is -2.45. The monoisotopic (exact) mass is 441 g/mol. The van der Waals surface area contributed by atoms with Gasteiger partial charge in [-0.3, -0.25) is 24.2 Å². The Morgan fingerprint density at radius 3 is 2.12 bits per heavy atom. The van der Waals surface area contributed by atoms with Crippen LogP contribution in [0.5, 0.6) is 0 Å². The highest BCUT2D eigenvalue weighted by Gasteiger charge is 2.25. The van der Waals surface area contributed by atoms with Gasteiger partial charge in [0.1, 0.15) is 0 Å². The molecule has 4 rings (SSSR count). The zero-order valence-electron chi connectivity index (χ0n) is 18.9. The van der Waals surface area contributed by atoms with Crippen LogP contribution in [-0.4, -0.2) is 90.8 Å². The SMILES string of the molecule is O=C(CN1CCN(CC(=O)N2CCCC2)CC1)Nc1ccccc1C(=O)NC1CCCC1. The lowest BCUT2D eigenvalue weighted by atomic mass is 10.1. The number of amides is 3. The molecule has 0 aromatic heterocycles. The van der Waals surface area contributed by atoms with Crippen LogP contribution in [0.25, 0.3) is 0 Å². The van der Waals surface area contributed by atoms with Crippen molar-refractivity contribution in [3.63, 3.8) is 0 Å². The number of hydrogen-bond acceptors (Lipinski definition) is 5. The number of carbonyl (C=O) groups is 3. The number of nitrogens with one attached hydrogen (secondary N) is 2. The van der Waals surface area contributed by atoms with E-state index >= 15 is 0 Å². The molecule has 2 heterocycles. The summed E-state index contributed by atoms with van der Waals surface area (Å²) in [5.74, 6) is -0.0158. The largest absolute Gasteiger partial charge is 0.349 e. The number of rotatable bonds is 7. The first kappa shape index (κ1) is 22.7. The van der Waals surface area contributed by atoms with Crippen molar-refractivity contribution in [1.82, 2.24) is 20.0 Å². The smallest absolute Gasteiger partial charge is 0.253 e. The van der Waals surface area contributed by atoms with Gasteiger partial charge in [0.05, 0.1) is 24.3 Å². The lowest BCUT2D eigenvalue weighted by molar-refractivity contribution is -0.132.